The van der Waals surface area contributed by atoms with E-state index in [1.807, 2.05) is 12.1 Å². The predicted molar refractivity (Wildman–Crippen MR) is 79.0 cm³/mol. The fraction of sp³-hybridized carbons (Fsp3) is 0.692. The van der Waals surface area contributed by atoms with Crippen molar-refractivity contribution in [3.05, 3.63) is 23.7 Å². The van der Waals surface area contributed by atoms with Crippen LogP contribution in [0, 0.1) is 5.92 Å². The lowest BCUT2D eigenvalue weighted by atomic mass is 10.1. The van der Waals surface area contributed by atoms with Gasteiger partial charge in [0.2, 0.25) is 0 Å². The molecule has 0 bridgehead atoms. The number of nitrogens with one attached hydrogen (secondary N) is 1. The van der Waals surface area contributed by atoms with E-state index in [0.717, 1.165) is 37.9 Å². The molecule has 0 amide bonds. The molecule has 0 aromatic carbocycles. The quantitative estimate of drug-likeness (QED) is 0.893. The van der Waals surface area contributed by atoms with Crippen molar-refractivity contribution in [2.45, 2.75) is 25.5 Å². The number of rotatable bonds is 4. The lowest BCUT2D eigenvalue weighted by Crippen LogP contribution is -2.45. The van der Waals surface area contributed by atoms with Gasteiger partial charge in [0.1, 0.15) is 18.1 Å². The van der Waals surface area contributed by atoms with Crippen molar-refractivity contribution in [3.63, 3.8) is 0 Å². The Hall–Kier alpha value is -0.260. The average molecular weight is 309 g/mol. The van der Waals surface area contributed by atoms with Gasteiger partial charge in [-0.1, -0.05) is 0 Å². The first-order valence-electron chi connectivity index (χ1n) is 6.52. The molecule has 6 heteroatoms. The smallest absolute Gasteiger partial charge is 0.129 e. The number of furan rings is 1. The zero-order chi connectivity index (χ0) is 11.7. The van der Waals surface area contributed by atoms with Crippen LogP contribution in [0.15, 0.2) is 16.5 Å². The molecule has 2 aliphatic rings. The molecule has 3 rings (SSSR count). The van der Waals surface area contributed by atoms with Crippen molar-refractivity contribution in [2.24, 2.45) is 5.92 Å². The molecule has 2 heterocycles. The van der Waals surface area contributed by atoms with Crippen LogP contribution >= 0.6 is 24.8 Å². The lowest BCUT2D eigenvalue weighted by Gasteiger charge is -2.34. The second-order valence-corrected chi connectivity index (χ2v) is 5.03. The van der Waals surface area contributed by atoms with Crippen molar-refractivity contribution >= 4 is 24.8 Å². The van der Waals surface area contributed by atoms with Crippen LogP contribution in [-0.4, -0.2) is 36.2 Å². The third-order valence-electron chi connectivity index (χ3n) is 3.74. The van der Waals surface area contributed by atoms with Crippen molar-refractivity contribution in [2.75, 3.05) is 26.2 Å². The normalized spacial score (nSPS) is 21.3. The zero-order valence-corrected chi connectivity index (χ0v) is 12.5. The first-order valence-corrected chi connectivity index (χ1v) is 6.52. The number of nitrogens with zero attached hydrogens (tertiary/aromatic N) is 1. The van der Waals surface area contributed by atoms with Gasteiger partial charge in [0.05, 0.1) is 6.04 Å². The van der Waals surface area contributed by atoms with E-state index < -0.39 is 0 Å². The van der Waals surface area contributed by atoms with Crippen molar-refractivity contribution in [1.29, 1.82) is 0 Å². The molecule has 1 saturated heterocycles. The van der Waals surface area contributed by atoms with Gasteiger partial charge in [-0.15, -0.1) is 24.8 Å². The van der Waals surface area contributed by atoms with E-state index in [4.69, 9.17) is 9.52 Å². The molecule has 19 heavy (non-hydrogen) atoms. The number of halogens is 2. The summed E-state index contributed by atoms with van der Waals surface area (Å²) in [6, 6.07) is 4.36. The third kappa shape index (κ3) is 3.86. The van der Waals surface area contributed by atoms with Gasteiger partial charge in [0.15, 0.2) is 0 Å². The van der Waals surface area contributed by atoms with Crippen LogP contribution in [0.4, 0.5) is 0 Å². The van der Waals surface area contributed by atoms with Gasteiger partial charge >= 0.3 is 0 Å². The Kier molecular flexibility index (Phi) is 6.63. The summed E-state index contributed by atoms with van der Waals surface area (Å²) in [6.45, 7) is 4.32. The first-order chi connectivity index (χ1) is 8.38. The van der Waals surface area contributed by atoms with Gasteiger partial charge in [-0.3, -0.25) is 4.90 Å². The Labute approximate surface area is 126 Å². The molecule has 2 N–H and O–H groups in total. The zero-order valence-electron chi connectivity index (χ0n) is 10.9. The van der Waals surface area contributed by atoms with Gasteiger partial charge < -0.3 is 14.8 Å². The molecule has 110 valence electrons. The van der Waals surface area contributed by atoms with Crippen LogP contribution in [0.1, 0.15) is 30.4 Å². The van der Waals surface area contributed by atoms with E-state index in [-0.39, 0.29) is 31.4 Å². The maximum absolute atomic E-state index is 9.08. The molecule has 1 saturated carbocycles. The van der Waals surface area contributed by atoms with E-state index in [0.29, 0.717) is 11.8 Å². The minimum absolute atomic E-state index is 0. The van der Waals surface area contributed by atoms with E-state index in [9.17, 15) is 0 Å². The highest BCUT2D eigenvalue weighted by atomic mass is 35.5. The van der Waals surface area contributed by atoms with E-state index >= 15 is 0 Å². The molecule has 0 spiro atoms. The number of hydrogen-bond donors (Lipinski definition) is 2. The number of hydrogen-bond acceptors (Lipinski definition) is 4. The van der Waals surface area contributed by atoms with E-state index in [2.05, 4.69) is 10.2 Å². The Morgan fingerprint density at radius 1 is 1.26 bits per heavy atom. The van der Waals surface area contributed by atoms with Crippen molar-refractivity contribution < 1.29 is 9.52 Å². The van der Waals surface area contributed by atoms with Crippen LogP contribution in [0.2, 0.25) is 0 Å². The Morgan fingerprint density at radius 2 is 1.95 bits per heavy atom. The summed E-state index contributed by atoms with van der Waals surface area (Å²) in [4.78, 5) is 2.52. The molecule has 0 unspecified atom stereocenters. The molecular formula is C13H22Cl2N2O2. The summed E-state index contributed by atoms with van der Waals surface area (Å²) in [6.07, 6.45) is 2.62. The van der Waals surface area contributed by atoms with Gasteiger partial charge in [-0.25, -0.2) is 0 Å². The van der Waals surface area contributed by atoms with Crippen LogP contribution in [0.5, 0.6) is 0 Å². The summed E-state index contributed by atoms with van der Waals surface area (Å²) >= 11 is 0. The summed E-state index contributed by atoms with van der Waals surface area (Å²) in [5, 5.41) is 12.5. The Morgan fingerprint density at radius 3 is 2.47 bits per heavy atom. The van der Waals surface area contributed by atoms with Gasteiger partial charge in [-0.05, 0) is 30.9 Å². The maximum atomic E-state index is 9.08. The molecule has 1 aromatic rings. The largest absolute Gasteiger partial charge is 0.462 e. The van der Waals surface area contributed by atoms with Crippen LogP contribution in [0.25, 0.3) is 0 Å². The van der Waals surface area contributed by atoms with Crippen LogP contribution in [0.3, 0.4) is 0 Å². The lowest BCUT2D eigenvalue weighted by molar-refractivity contribution is 0.132. The molecule has 2 fully saturated rings. The SMILES string of the molecule is Cl.Cl.OCc1ccc([C@H](C2CC2)N2CCNCC2)o1. The van der Waals surface area contributed by atoms with E-state index in [1.165, 1.54) is 12.8 Å². The summed E-state index contributed by atoms with van der Waals surface area (Å²) in [5.41, 5.74) is 0. The molecular weight excluding hydrogens is 287 g/mol. The molecule has 4 nitrogen and oxygen atoms in total. The predicted octanol–water partition coefficient (Wildman–Crippen LogP) is 1.97. The second-order valence-electron chi connectivity index (χ2n) is 5.03. The van der Waals surface area contributed by atoms with Crippen LogP contribution in [-0.2, 0) is 6.61 Å². The number of aliphatic hydroxyl groups excluding tert-OH is 1. The summed E-state index contributed by atoms with van der Waals surface area (Å²) in [7, 11) is 0. The summed E-state index contributed by atoms with van der Waals surface area (Å²) < 4.78 is 5.74. The Balaban J connectivity index is 0.000000902. The van der Waals surface area contributed by atoms with Gasteiger partial charge in [0, 0.05) is 26.2 Å². The highest BCUT2D eigenvalue weighted by Gasteiger charge is 2.38. The molecule has 1 aromatic heterocycles. The third-order valence-corrected chi connectivity index (χ3v) is 3.74. The molecule has 1 aliphatic heterocycles. The van der Waals surface area contributed by atoms with Gasteiger partial charge in [0.25, 0.3) is 0 Å². The van der Waals surface area contributed by atoms with Crippen molar-refractivity contribution in [1.82, 2.24) is 10.2 Å². The average Bonchev–Trinajstić information content (AvgIpc) is 3.09. The number of aliphatic hydroxyl groups is 1. The summed E-state index contributed by atoms with van der Waals surface area (Å²) in [5.74, 6) is 2.48. The minimum atomic E-state index is -0.00105. The molecule has 0 radical (unpaired) electrons. The van der Waals surface area contributed by atoms with Crippen molar-refractivity contribution in [3.8, 4) is 0 Å². The molecule has 1 aliphatic carbocycles. The molecule has 1 atom stereocenters. The Bertz CT molecular complexity index is 376. The highest BCUT2D eigenvalue weighted by molar-refractivity contribution is 5.85. The minimum Gasteiger partial charge on any atom is -0.462 e. The van der Waals surface area contributed by atoms with Gasteiger partial charge in [-0.2, -0.15) is 0 Å². The topological polar surface area (TPSA) is 48.6 Å². The first kappa shape index (κ1) is 16.8. The number of piperazine rings is 1. The fourth-order valence-corrected chi connectivity index (χ4v) is 2.72. The van der Waals surface area contributed by atoms with E-state index in [1.54, 1.807) is 0 Å². The van der Waals surface area contributed by atoms with Crippen LogP contribution < -0.4 is 5.32 Å². The fourth-order valence-electron chi connectivity index (χ4n) is 2.72. The standard InChI is InChI=1S/C13H20N2O2.2ClH/c16-9-11-3-4-12(17-11)13(10-1-2-10)15-7-5-14-6-8-15;;/h3-4,10,13-14,16H,1-2,5-9H2;2*1H/t13-;;/m0../s1. The monoisotopic (exact) mass is 308 g/mol. The second kappa shape index (κ2) is 7.50. The highest BCUT2D eigenvalue weighted by Crippen LogP contribution is 2.45. The maximum Gasteiger partial charge on any atom is 0.129 e.